The average Bonchev–Trinajstić information content (AvgIpc) is 2.43. The van der Waals surface area contributed by atoms with Gasteiger partial charge in [0, 0.05) is 12.4 Å². The normalized spacial score (nSPS) is 40.6. The minimum atomic E-state index is -0.503. The van der Waals surface area contributed by atoms with Crippen LogP contribution in [0, 0.1) is 11.3 Å². The van der Waals surface area contributed by atoms with E-state index in [4.69, 9.17) is 4.74 Å². The quantitative estimate of drug-likeness (QED) is 0.801. The molecule has 2 nitrogen and oxygen atoms in total. The van der Waals surface area contributed by atoms with E-state index in [9.17, 15) is 5.11 Å². The van der Waals surface area contributed by atoms with Crippen LogP contribution in [-0.4, -0.2) is 45.9 Å². The third-order valence-corrected chi connectivity index (χ3v) is 8.06. The molecule has 1 N–H and O–H groups in total. The fourth-order valence-corrected chi connectivity index (χ4v) is 7.14. The molecular formula is C16H28O2S2. The van der Waals surface area contributed by atoms with E-state index in [0.717, 1.165) is 31.6 Å². The van der Waals surface area contributed by atoms with Gasteiger partial charge in [-0.15, -0.1) is 0 Å². The molecular weight excluding hydrogens is 288 g/mol. The molecule has 0 aromatic rings. The molecule has 3 fully saturated rings. The van der Waals surface area contributed by atoms with Gasteiger partial charge in [0.15, 0.2) is 0 Å². The van der Waals surface area contributed by atoms with E-state index in [-0.39, 0.29) is 11.0 Å². The molecule has 0 aromatic heterocycles. The van der Waals surface area contributed by atoms with Crippen LogP contribution >= 0.6 is 23.5 Å². The summed E-state index contributed by atoms with van der Waals surface area (Å²) in [6.45, 7) is 5.38. The number of rotatable bonds is 1. The second-order valence-electron chi connectivity index (χ2n) is 7.44. The molecule has 2 unspecified atom stereocenters. The number of hydrogen-bond donors (Lipinski definition) is 1. The molecule has 3 heterocycles. The predicted molar refractivity (Wildman–Crippen MR) is 88.6 cm³/mol. The molecule has 4 heteroatoms. The molecule has 0 bridgehead atoms. The van der Waals surface area contributed by atoms with Crippen molar-refractivity contribution in [2.24, 2.45) is 11.3 Å². The first kappa shape index (κ1) is 15.5. The molecule has 3 aliphatic heterocycles. The maximum atomic E-state index is 11.5. The Balaban J connectivity index is 1.78. The zero-order valence-corrected chi connectivity index (χ0v) is 14.5. The topological polar surface area (TPSA) is 29.5 Å². The van der Waals surface area contributed by atoms with Crippen LogP contribution in [-0.2, 0) is 4.74 Å². The van der Waals surface area contributed by atoms with Crippen LogP contribution in [0.5, 0.6) is 0 Å². The first-order valence-corrected chi connectivity index (χ1v) is 10.3. The van der Waals surface area contributed by atoms with Gasteiger partial charge in [-0.2, -0.15) is 23.5 Å². The number of thioether (sulfide) groups is 2. The van der Waals surface area contributed by atoms with Crippen molar-refractivity contribution < 1.29 is 9.84 Å². The monoisotopic (exact) mass is 316 g/mol. The van der Waals surface area contributed by atoms with Gasteiger partial charge in [-0.05, 0) is 60.7 Å². The van der Waals surface area contributed by atoms with Gasteiger partial charge in [-0.3, -0.25) is 0 Å². The fourth-order valence-electron chi connectivity index (χ4n) is 4.16. The van der Waals surface area contributed by atoms with E-state index in [1.54, 1.807) is 0 Å². The molecule has 0 radical (unpaired) electrons. The summed E-state index contributed by atoms with van der Waals surface area (Å²) >= 11 is 3.99. The molecule has 3 aliphatic rings. The van der Waals surface area contributed by atoms with Crippen LogP contribution in [0.25, 0.3) is 0 Å². The Labute approximate surface area is 131 Å². The van der Waals surface area contributed by atoms with E-state index in [1.807, 2.05) is 11.8 Å². The summed E-state index contributed by atoms with van der Waals surface area (Å²) in [5, 5.41) is 11.5. The Morgan fingerprint density at radius 1 is 1.05 bits per heavy atom. The molecule has 1 spiro atoms. The number of ether oxygens (including phenoxy) is 1. The summed E-state index contributed by atoms with van der Waals surface area (Å²) in [6, 6.07) is 0. The highest BCUT2D eigenvalue weighted by Gasteiger charge is 2.54. The van der Waals surface area contributed by atoms with Crippen molar-refractivity contribution in [3.8, 4) is 0 Å². The molecule has 0 saturated carbocycles. The molecule has 2 atom stereocenters. The number of aliphatic hydroxyl groups is 1. The molecule has 3 saturated heterocycles. The summed E-state index contributed by atoms with van der Waals surface area (Å²) in [7, 11) is 0. The van der Waals surface area contributed by atoms with E-state index >= 15 is 0 Å². The van der Waals surface area contributed by atoms with Gasteiger partial charge in [-0.25, -0.2) is 0 Å². The van der Waals surface area contributed by atoms with Gasteiger partial charge in [0.2, 0.25) is 0 Å². The minimum Gasteiger partial charge on any atom is -0.388 e. The highest BCUT2D eigenvalue weighted by Crippen LogP contribution is 2.52. The zero-order valence-electron chi connectivity index (χ0n) is 12.8. The fraction of sp³-hybridized carbons (Fsp3) is 1.00. The van der Waals surface area contributed by atoms with Crippen molar-refractivity contribution in [2.45, 2.75) is 57.2 Å². The molecule has 116 valence electrons. The molecule has 0 aromatic carbocycles. The van der Waals surface area contributed by atoms with Gasteiger partial charge < -0.3 is 9.84 Å². The van der Waals surface area contributed by atoms with E-state index < -0.39 is 5.60 Å². The molecule has 3 rings (SSSR count). The lowest BCUT2D eigenvalue weighted by Crippen LogP contribution is -2.59. The van der Waals surface area contributed by atoms with Gasteiger partial charge >= 0.3 is 0 Å². The summed E-state index contributed by atoms with van der Waals surface area (Å²) in [6.07, 6.45) is 5.60. The molecule has 20 heavy (non-hydrogen) atoms. The Bertz CT molecular complexity index is 347. The summed E-state index contributed by atoms with van der Waals surface area (Å²) in [5.41, 5.74) is -0.371. The van der Waals surface area contributed by atoms with Crippen molar-refractivity contribution in [1.29, 1.82) is 0 Å². The Morgan fingerprint density at radius 3 is 2.45 bits per heavy atom. The van der Waals surface area contributed by atoms with Crippen molar-refractivity contribution >= 4 is 23.5 Å². The first-order valence-electron chi connectivity index (χ1n) is 7.99. The van der Waals surface area contributed by atoms with Crippen LogP contribution in [0.4, 0.5) is 0 Å². The van der Waals surface area contributed by atoms with Gasteiger partial charge in [-0.1, -0.05) is 13.8 Å². The summed E-state index contributed by atoms with van der Waals surface area (Å²) in [4.78, 5) is 0. The second kappa shape index (κ2) is 5.68. The van der Waals surface area contributed by atoms with E-state index in [2.05, 4.69) is 25.6 Å². The Hall–Kier alpha value is 0.620. The average molecular weight is 317 g/mol. The highest BCUT2D eigenvalue weighted by atomic mass is 32.2. The van der Waals surface area contributed by atoms with Crippen LogP contribution < -0.4 is 0 Å². The SMILES string of the molecule is CC1(C)CCSCC1(O)C1CCOC2(CCSCC2)C1. The summed E-state index contributed by atoms with van der Waals surface area (Å²) < 4.78 is 6.21. The lowest BCUT2D eigenvalue weighted by molar-refractivity contribution is -0.172. The minimum absolute atomic E-state index is 0.0465. The molecule has 0 amide bonds. The predicted octanol–water partition coefficient (Wildman–Crippen LogP) is 3.57. The lowest BCUT2D eigenvalue weighted by atomic mass is 9.62. The third-order valence-electron chi connectivity index (χ3n) is 5.94. The van der Waals surface area contributed by atoms with Gasteiger partial charge in [0.25, 0.3) is 0 Å². The van der Waals surface area contributed by atoms with Crippen molar-refractivity contribution in [3.63, 3.8) is 0 Å². The highest BCUT2D eigenvalue weighted by molar-refractivity contribution is 7.99. The van der Waals surface area contributed by atoms with Crippen LogP contribution in [0.2, 0.25) is 0 Å². The maximum absolute atomic E-state index is 11.5. The van der Waals surface area contributed by atoms with Crippen molar-refractivity contribution in [2.75, 3.05) is 29.6 Å². The van der Waals surface area contributed by atoms with E-state index in [0.29, 0.717) is 5.92 Å². The zero-order chi connectivity index (χ0) is 14.3. The first-order chi connectivity index (χ1) is 9.48. The van der Waals surface area contributed by atoms with Crippen LogP contribution in [0.15, 0.2) is 0 Å². The Morgan fingerprint density at radius 2 is 1.75 bits per heavy atom. The standard InChI is InChI=1S/C16H28O2S2/c1-14(2)4-8-20-12-16(14,17)13-3-7-18-15(11-13)5-9-19-10-6-15/h13,17H,3-12H2,1-2H3. The van der Waals surface area contributed by atoms with Crippen molar-refractivity contribution in [1.82, 2.24) is 0 Å². The maximum Gasteiger partial charge on any atom is 0.0818 e. The summed E-state index contributed by atoms with van der Waals surface area (Å²) in [5.74, 6) is 4.98. The second-order valence-corrected chi connectivity index (χ2v) is 9.77. The third kappa shape index (κ3) is 2.66. The van der Waals surface area contributed by atoms with Crippen molar-refractivity contribution in [3.05, 3.63) is 0 Å². The number of hydrogen-bond acceptors (Lipinski definition) is 4. The smallest absolute Gasteiger partial charge is 0.0818 e. The molecule has 0 aliphatic carbocycles. The van der Waals surface area contributed by atoms with Crippen LogP contribution in [0.3, 0.4) is 0 Å². The Kier molecular flexibility index (Phi) is 4.40. The van der Waals surface area contributed by atoms with Crippen LogP contribution in [0.1, 0.15) is 46.0 Å². The van der Waals surface area contributed by atoms with E-state index in [1.165, 1.54) is 30.1 Å². The van der Waals surface area contributed by atoms with Gasteiger partial charge in [0.1, 0.15) is 0 Å². The lowest BCUT2D eigenvalue weighted by Gasteiger charge is -2.55. The van der Waals surface area contributed by atoms with Gasteiger partial charge in [0.05, 0.1) is 11.2 Å². The largest absolute Gasteiger partial charge is 0.388 e.